The van der Waals surface area contributed by atoms with Crippen LogP contribution >= 0.6 is 0 Å². The minimum atomic E-state index is -4.04. The van der Waals surface area contributed by atoms with Gasteiger partial charge in [0.05, 0.1) is 5.92 Å². The highest BCUT2D eigenvalue weighted by atomic mass is 19.4. The lowest BCUT2D eigenvalue weighted by molar-refractivity contribution is -0.189. The molecule has 0 bridgehead atoms. The maximum absolute atomic E-state index is 12.7. The molecule has 3 atom stereocenters. The van der Waals surface area contributed by atoms with Crippen LogP contribution in [0.25, 0.3) is 0 Å². The number of halogens is 3. The lowest BCUT2D eigenvalue weighted by Gasteiger charge is -2.43. The van der Waals surface area contributed by atoms with Crippen molar-refractivity contribution in [3.63, 3.8) is 0 Å². The summed E-state index contributed by atoms with van der Waals surface area (Å²) in [4.78, 5) is 1.99. The largest absolute Gasteiger partial charge is 0.393 e. The van der Waals surface area contributed by atoms with E-state index in [9.17, 15) is 13.2 Å². The Hall–Kier alpha value is -0.290. The summed E-state index contributed by atoms with van der Waals surface area (Å²) in [5.41, 5.74) is 6.04. The van der Waals surface area contributed by atoms with E-state index >= 15 is 0 Å². The lowest BCUT2D eigenvalue weighted by atomic mass is 9.87. The molecule has 1 saturated carbocycles. The van der Waals surface area contributed by atoms with Gasteiger partial charge in [-0.05, 0) is 32.2 Å². The van der Waals surface area contributed by atoms with E-state index in [1.807, 2.05) is 4.90 Å². The molecule has 0 spiro atoms. The van der Waals surface area contributed by atoms with Crippen LogP contribution in [0.3, 0.4) is 0 Å². The van der Waals surface area contributed by atoms with Gasteiger partial charge in [-0.2, -0.15) is 13.2 Å². The van der Waals surface area contributed by atoms with Crippen molar-refractivity contribution in [3.8, 4) is 0 Å². The molecule has 0 aromatic rings. The average Bonchev–Trinajstić information content (AvgIpc) is 2.29. The minimum Gasteiger partial charge on any atom is -0.326 e. The van der Waals surface area contributed by atoms with E-state index in [2.05, 4.69) is 0 Å². The fourth-order valence-corrected chi connectivity index (χ4v) is 3.17. The topological polar surface area (TPSA) is 29.3 Å². The van der Waals surface area contributed by atoms with Crippen molar-refractivity contribution >= 4 is 0 Å². The summed E-state index contributed by atoms with van der Waals surface area (Å²) in [7, 11) is 0. The van der Waals surface area contributed by atoms with Crippen molar-refractivity contribution in [1.82, 2.24) is 4.90 Å². The zero-order valence-electron chi connectivity index (χ0n) is 10.0. The zero-order chi connectivity index (χ0) is 12.5. The monoisotopic (exact) mass is 250 g/mol. The highest BCUT2D eigenvalue weighted by Crippen LogP contribution is 2.35. The summed E-state index contributed by atoms with van der Waals surface area (Å²) in [6.45, 7) is 0.937. The second-order valence-electron chi connectivity index (χ2n) is 5.39. The number of hydrogen-bond acceptors (Lipinski definition) is 2. The predicted molar refractivity (Wildman–Crippen MR) is 60.6 cm³/mol. The Labute approximate surface area is 100 Å². The van der Waals surface area contributed by atoms with Crippen molar-refractivity contribution in [2.45, 2.75) is 56.8 Å². The number of nitrogens with zero attached hydrogens (tertiary/aromatic N) is 1. The molecule has 1 saturated heterocycles. The third kappa shape index (κ3) is 3.13. The quantitative estimate of drug-likeness (QED) is 0.775. The summed E-state index contributed by atoms with van der Waals surface area (Å²) in [5, 5.41) is 0. The number of likely N-dealkylation sites (tertiary alicyclic amines) is 1. The molecule has 3 unspecified atom stereocenters. The summed E-state index contributed by atoms with van der Waals surface area (Å²) in [6.07, 6.45) is 1.02. The smallest absolute Gasteiger partial charge is 0.326 e. The first-order chi connectivity index (χ1) is 7.98. The molecule has 1 aliphatic carbocycles. The highest BCUT2D eigenvalue weighted by molar-refractivity contribution is 4.89. The number of alkyl halides is 3. The summed E-state index contributed by atoms with van der Waals surface area (Å²) in [5.74, 6) is -1.15. The van der Waals surface area contributed by atoms with Gasteiger partial charge in [0.25, 0.3) is 0 Å². The summed E-state index contributed by atoms with van der Waals surface area (Å²) in [6, 6.07) is 0.240. The van der Waals surface area contributed by atoms with Crippen LogP contribution < -0.4 is 5.73 Å². The van der Waals surface area contributed by atoms with Crippen LogP contribution in [0.5, 0.6) is 0 Å². The molecule has 0 radical (unpaired) electrons. The highest BCUT2D eigenvalue weighted by Gasteiger charge is 2.43. The van der Waals surface area contributed by atoms with Gasteiger partial charge in [-0.3, -0.25) is 4.90 Å². The maximum Gasteiger partial charge on any atom is 0.393 e. The van der Waals surface area contributed by atoms with Gasteiger partial charge in [-0.1, -0.05) is 12.8 Å². The molecular formula is C12H21F3N2. The van der Waals surface area contributed by atoms with Crippen molar-refractivity contribution in [1.29, 1.82) is 0 Å². The number of piperidine rings is 1. The molecule has 5 heteroatoms. The van der Waals surface area contributed by atoms with Crippen LogP contribution in [-0.4, -0.2) is 36.2 Å². The fraction of sp³-hybridized carbons (Fsp3) is 1.00. The van der Waals surface area contributed by atoms with Gasteiger partial charge in [0.1, 0.15) is 0 Å². The van der Waals surface area contributed by atoms with E-state index in [1.165, 1.54) is 0 Å². The van der Waals surface area contributed by atoms with Crippen molar-refractivity contribution < 1.29 is 13.2 Å². The third-order valence-corrected chi connectivity index (χ3v) is 4.17. The first-order valence-electron chi connectivity index (χ1n) is 6.55. The van der Waals surface area contributed by atoms with Gasteiger partial charge in [0, 0.05) is 18.6 Å². The van der Waals surface area contributed by atoms with E-state index in [0.29, 0.717) is 6.42 Å². The first-order valence-corrected chi connectivity index (χ1v) is 6.55. The SMILES string of the molecule is NC1CCCCC1N1CCCC(C(F)(F)F)C1. The molecule has 1 aliphatic heterocycles. The Morgan fingerprint density at radius 1 is 1.00 bits per heavy atom. The second-order valence-corrected chi connectivity index (χ2v) is 5.39. The molecule has 0 aromatic heterocycles. The predicted octanol–water partition coefficient (Wildman–Crippen LogP) is 2.53. The molecular weight excluding hydrogens is 229 g/mol. The number of nitrogens with two attached hydrogens (primary N) is 1. The lowest BCUT2D eigenvalue weighted by Crippen LogP contribution is -2.54. The fourth-order valence-electron chi connectivity index (χ4n) is 3.17. The van der Waals surface area contributed by atoms with Gasteiger partial charge in [0.2, 0.25) is 0 Å². The normalized spacial score (nSPS) is 37.1. The van der Waals surface area contributed by atoms with Gasteiger partial charge >= 0.3 is 6.18 Å². The molecule has 2 fully saturated rings. The Kier molecular flexibility index (Phi) is 3.98. The van der Waals surface area contributed by atoms with Gasteiger partial charge in [-0.15, -0.1) is 0 Å². The Morgan fingerprint density at radius 3 is 2.35 bits per heavy atom. The molecule has 2 aliphatic rings. The number of hydrogen-bond donors (Lipinski definition) is 1. The van der Waals surface area contributed by atoms with Crippen LogP contribution in [-0.2, 0) is 0 Å². The van der Waals surface area contributed by atoms with Crippen molar-refractivity contribution in [2.75, 3.05) is 13.1 Å². The van der Waals surface area contributed by atoms with Crippen LogP contribution in [0.15, 0.2) is 0 Å². The van der Waals surface area contributed by atoms with Gasteiger partial charge in [0.15, 0.2) is 0 Å². The molecule has 17 heavy (non-hydrogen) atoms. The molecule has 0 aromatic carbocycles. The van der Waals surface area contributed by atoms with Crippen molar-refractivity contribution in [2.24, 2.45) is 11.7 Å². The summed E-state index contributed by atoms with van der Waals surface area (Å²) >= 11 is 0. The summed E-state index contributed by atoms with van der Waals surface area (Å²) < 4.78 is 38.2. The molecule has 2 N–H and O–H groups in total. The van der Waals surface area contributed by atoms with E-state index in [-0.39, 0.29) is 25.0 Å². The van der Waals surface area contributed by atoms with Crippen molar-refractivity contribution in [3.05, 3.63) is 0 Å². The Balaban J connectivity index is 1.96. The molecule has 100 valence electrons. The van der Waals surface area contributed by atoms with Gasteiger partial charge < -0.3 is 5.73 Å². The van der Waals surface area contributed by atoms with Crippen LogP contribution in [0.1, 0.15) is 38.5 Å². The number of rotatable bonds is 1. The molecule has 2 rings (SSSR count). The van der Waals surface area contributed by atoms with E-state index in [4.69, 9.17) is 5.73 Å². The van der Waals surface area contributed by atoms with E-state index < -0.39 is 12.1 Å². The average molecular weight is 250 g/mol. The van der Waals surface area contributed by atoms with Crippen LogP contribution in [0.4, 0.5) is 13.2 Å². The zero-order valence-corrected chi connectivity index (χ0v) is 10.0. The van der Waals surface area contributed by atoms with Gasteiger partial charge in [-0.25, -0.2) is 0 Å². The standard InChI is InChI=1S/C12H21F3N2/c13-12(14,15)9-4-3-7-17(8-9)11-6-2-1-5-10(11)16/h9-11H,1-8,16H2. The second kappa shape index (κ2) is 5.14. The van der Waals surface area contributed by atoms with Crippen LogP contribution in [0.2, 0.25) is 0 Å². The maximum atomic E-state index is 12.7. The molecule has 2 nitrogen and oxygen atoms in total. The Morgan fingerprint density at radius 2 is 1.71 bits per heavy atom. The minimum absolute atomic E-state index is 0.0655. The third-order valence-electron chi connectivity index (χ3n) is 4.17. The van der Waals surface area contributed by atoms with E-state index in [1.54, 1.807) is 0 Å². The molecule has 0 amide bonds. The van der Waals surface area contributed by atoms with E-state index in [0.717, 1.165) is 32.2 Å². The Bertz CT molecular complexity index is 255. The van der Waals surface area contributed by atoms with Crippen LogP contribution in [0, 0.1) is 5.92 Å². The first kappa shape index (κ1) is 13.1. The molecule has 1 heterocycles.